The zero-order valence-electron chi connectivity index (χ0n) is 16.3. The topological polar surface area (TPSA) is 89.3 Å². The van der Waals surface area contributed by atoms with Crippen LogP contribution in [0.25, 0.3) is 0 Å². The van der Waals surface area contributed by atoms with Gasteiger partial charge < -0.3 is 5.32 Å². The first kappa shape index (κ1) is 19.2. The lowest BCUT2D eigenvalue weighted by Gasteiger charge is -2.17. The molecule has 0 saturated heterocycles. The fraction of sp³-hybridized carbons (Fsp3) is 0.409. The molecule has 0 radical (unpaired) electrons. The molecule has 0 fully saturated rings. The van der Waals surface area contributed by atoms with Crippen molar-refractivity contribution in [3.63, 3.8) is 0 Å². The van der Waals surface area contributed by atoms with E-state index in [1.165, 1.54) is 22.8 Å². The number of hydrogen-bond donors (Lipinski definition) is 2. The molecule has 0 spiro atoms. The van der Waals surface area contributed by atoms with Gasteiger partial charge in [0.2, 0.25) is 10.0 Å². The molecule has 0 saturated carbocycles. The quantitative estimate of drug-likeness (QED) is 0.827. The molecule has 1 amide bonds. The summed E-state index contributed by atoms with van der Waals surface area (Å²) in [5.41, 5.74) is 5.77. The maximum Gasteiger partial charge on any atom is 0.251 e. The van der Waals surface area contributed by atoms with Gasteiger partial charge >= 0.3 is 0 Å². The fourth-order valence-electron chi connectivity index (χ4n) is 4.42. The van der Waals surface area contributed by atoms with E-state index >= 15 is 0 Å². The molecule has 1 unspecified atom stereocenters. The molecule has 148 valence electrons. The number of sulfonamides is 1. The Morgan fingerprint density at radius 1 is 1.11 bits per heavy atom. The lowest BCUT2D eigenvalue weighted by molar-refractivity contribution is 0.0936. The highest BCUT2D eigenvalue weighted by Gasteiger charge is 2.27. The van der Waals surface area contributed by atoms with E-state index in [0.717, 1.165) is 36.8 Å². The van der Waals surface area contributed by atoms with E-state index in [-0.39, 0.29) is 16.8 Å². The molecule has 2 aromatic carbocycles. The average molecular weight is 399 g/mol. The monoisotopic (exact) mass is 398 g/mol. The molecule has 2 aliphatic rings. The number of nitrogens with one attached hydrogen (secondary N) is 1. The summed E-state index contributed by atoms with van der Waals surface area (Å²) in [6.45, 7) is 4.31. The van der Waals surface area contributed by atoms with Gasteiger partial charge in [-0.3, -0.25) is 4.79 Å². The molecule has 2 aromatic rings. The zero-order valence-corrected chi connectivity index (χ0v) is 17.1. The largest absolute Gasteiger partial charge is 0.345 e. The molecule has 0 aromatic heterocycles. The number of amides is 1. The number of carbonyl (C=O) groups is 1. The Balaban J connectivity index is 1.64. The van der Waals surface area contributed by atoms with Gasteiger partial charge in [-0.05, 0) is 78.0 Å². The second kappa shape index (κ2) is 7.01. The van der Waals surface area contributed by atoms with Crippen LogP contribution >= 0.6 is 0 Å². The Morgan fingerprint density at radius 2 is 1.89 bits per heavy atom. The molecule has 6 heteroatoms. The highest BCUT2D eigenvalue weighted by atomic mass is 32.2. The summed E-state index contributed by atoms with van der Waals surface area (Å²) in [7, 11) is -3.86. The van der Waals surface area contributed by atoms with Crippen LogP contribution in [-0.2, 0) is 29.3 Å². The molecule has 3 N–H and O–H groups in total. The Hall–Kier alpha value is -2.18. The highest BCUT2D eigenvalue weighted by Crippen LogP contribution is 2.34. The van der Waals surface area contributed by atoms with Gasteiger partial charge in [-0.15, -0.1) is 0 Å². The minimum atomic E-state index is -3.86. The van der Waals surface area contributed by atoms with E-state index in [2.05, 4.69) is 37.4 Å². The smallest absolute Gasteiger partial charge is 0.251 e. The molecule has 4 rings (SSSR count). The summed E-state index contributed by atoms with van der Waals surface area (Å²) >= 11 is 0. The second-order valence-electron chi connectivity index (χ2n) is 8.19. The third kappa shape index (κ3) is 3.47. The predicted octanol–water partition coefficient (Wildman–Crippen LogP) is 3.36. The minimum Gasteiger partial charge on any atom is -0.345 e. The number of hydrogen-bond acceptors (Lipinski definition) is 3. The van der Waals surface area contributed by atoms with Crippen LogP contribution in [0.5, 0.6) is 0 Å². The fourth-order valence-corrected chi connectivity index (χ4v) is 5.29. The van der Waals surface area contributed by atoms with E-state index in [0.29, 0.717) is 17.9 Å². The van der Waals surface area contributed by atoms with Gasteiger partial charge in [0, 0.05) is 5.56 Å². The first-order chi connectivity index (χ1) is 13.2. The Kier molecular flexibility index (Phi) is 4.79. The minimum absolute atomic E-state index is 0.0487. The zero-order chi connectivity index (χ0) is 20.1. The molecule has 5 nitrogen and oxygen atoms in total. The van der Waals surface area contributed by atoms with Crippen molar-refractivity contribution in [2.45, 2.75) is 62.8 Å². The summed E-state index contributed by atoms with van der Waals surface area (Å²) in [6.07, 6.45) is 4.15. The number of rotatable bonds is 4. The highest BCUT2D eigenvalue weighted by molar-refractivity contribution is 7.89. The molecule has 0 heterocycles. The van der Waals surface area contributed by atoms with Gasteiger partial charge in [0.25, 0.3) is 5.91 Å². The normalized spacial score (nSPS) is 18.2. The summed E-state index contributed by atoms with van der Waals surface area (Å²) in [5.74, 6) is 0.184. The van der Waals surface area contributed by atoms with Crippen molar-refractivity contribution in [2.24, 2.45) is 5.14 Å². The maximum atomic E-state index is 13.0. The first-order valence-corrected chi connectivity index (χ1v) is 11.4. The van der Waals surface area contributed by atoms with Crippen LogP contribution in [0.3, 0.4) is 0 Å². The molecule has 0 aliphatic heterocycles. The van der Waals surface area contributed by atoms with Gasteiger partial charge in [0.05, 0.1) is 10.9 Å². The van der Waals surface area contributed by atoms with Crippen molar-refractivity contribution < 1.29 is 13.2 Å². The van der Waals surface area contributed by atoms with Crippen molar-refractivity contribution in [3.8, 4) is 0 Å². The third-order valence-electron chi connectivity index (χ3n) is 5.96. The van der Waals surface area contributed by atoms with Gasteiger partial charge in [-0.25, -0.2) is 13.6 Å². The maximum absolute atomic E-state index is 13.0. The standard InChI is InChI=1S/C22H26N2O3S/c1-13(2)15-7-6-14-8-9-20(19(14)11-15)24-22(25)17-10-16-4-3-5-18(16)21(12-17)28(23,26)27/h6-7,10-13,20H,3-5,8-9H2,1-2H3,(H,24,25)(H2,23,26,27). The lowest BCUT2D eigenvalue weighted by Crippen LogP contribution is -2.28. The number of benzene rings is 2. The number of primary sulfonamides is 1. The summed E-state index contributed by atoms with van der Waals surface area (Å²) < 4.78 is 24.0. The molecule has 1 atom stereocenters. The molecular formula is C22H26N2O3S. The first-order valence-electron chi connectivity index (χ1n) is 9.86. The SMILES string of the molecule is CC(C)c1ccc2c(c1)C(NC(=O)c1cc3c(c(S(N)(=O)=O)c1)CCC3)CC2. The van der Waals surface area contributed by atoms with Crippen molar-refractivity contribution in [1.82, 2.24) is 5.32 Å². The summed E-state index contributed by atoms with van der Waals surface area (Å²) in [4.78, 5) is 13.1. The summed E-state index contributed by atoms with van der Waals surface area (Å²) in [5, 5.41) is 8.52. The molecular weight excluding hydrogens is 372 g/mol. The van der Waals surface area contributed by atoms with E-state index in [1.54, 1.807) is 0 Å². The van der Waals surface area contributed by atoms with Crippen molar-refractivity contribution in [2.75, 3.05) is 0 Å². The van der Waals surface area contributed by atoms with Crippen LogP contribution < -0.4 is 10.5 Å². The number of nitrogens with two attached hydrogens (primary N) is 1. The van der Waals surface area contributed by atoms with Crippen LogP contribution in [0, 0.1) is 0 Å². The van der Waals surface area contributed by atoms with E-state index < -0.39 is 10.0 Å². The Bertz CT molecular complexity index is 1060. The van der Waals surface area contributed by atoms with Crippen LogP contribution in [-0.4, -0.2) is 14.3 Å². The average Bonchev–Trinajstić information content (AvgIpc) is 3.26. The van der Waals surface area contributed by atoms with Gasteiger partial charge in [0.15, 0.2) is 0 Å². The summed E-state index contributed by atoms with van der Waals surface area (Å²) in [6, 6.07) is 9.73. The second-order valence-corrected chi connectivity index (χ2v) is 9.72. The van der Waals surface area contributed by atoms with E-state index in [9.17, 15) is 13.2 Å². The van der Waals surface area contributed by atoms with Crippen LogP contribution in [0.2, 0.25) is 0 Å². The van der Waals surface area contributed by atoms with E-state index in [4.69, 9.17) is 5.14 Å². The number of carbonyl (C=O) groups excluding carboxylic acids is 1. The van der Waals surface area contributed by atoms with Gasteiger partial charge in [-0.2, -0.15) is 0 Å². The van der Waals surface area contributed by atoms with Crippen LogP contribution in [0.4, 0.5) is 0 Å². The van der Waals surface area contributed by atoms with Crippen molar-refractivity contribution in [1.29, 1.82) is 0 Å². The molecule has 28 heavy (non-hydrogen) atoms. The van der Waals surface area contributed by atoms with Gasteiger partial charge in [0.1, 0.15) is 0 Å². The lowest BCUT2D eigenvalue weighted by atomic mass is 9.97. The van der Waals surface area contributed by atoms with Gasteiger partial charge in [-0.1, -0.05) is 32.0 Å². The van der Waals surface area contributed by atoms with Crippen LogP contribution in [0.15, 0.2) is 35.2 Å². The molecule has 2 aliphatic carbocycles. The third-order valence-corrected chi connectivity index (χ3v) is 6.94. The van der Waals surface area contributed by atoms with E-state index in [1.807, 2.05) is 6.07 Å². The van der Waals surface area contributed by atoms with Crippen molar-refractivity contribution in [3.05, 3.63) is 63.7 Å². The van der Waals surface area contributed by atoms with Crippen LogP contribution in [0.1, 0.15) is 76.8 Å². The number of fused-ring (bicyclic) bond motifs is 2. The molecule has 0 bridgehead atoms. The Labute approximate surface area is 166 Å². The number of aryl methyl sites for hydroxylation is 2. The van der Waals surface area contributed by atoms with Crippen molar-refractivity contribution >= 4 is 15.9 Å². The predicted molar refractivity (Wildman–Crippen MR) is 109 cm³/mol. The Morgan fingerprint density at radius 3 is 2.61 bits per heavy atom.